The van der Waals surface area contributed by atoms with Crippen molar-refractivity contribution in [2.24, 2.45) is 0 Å². The zero-order chi connectivity index (χ0) is 13.3. The summed E-state index contributed by atoms with van der Waals surface area (Å²) in [7, 11) is 0. The first-order chi connectivity index (χ1) is 8.52. The van der Waals surface area contributed by atoms with Crippen LogP contribution in [-0.2, 0) is 0 Å². The highest BCUT2D eigenvalue weighted by Crippen LogP contribution is 2.35. The Hall–Kier alpha value is -1.06. The predicted molar refractivity (Wildman–Crippen MR) is 78.8 cm³/mol. The third kappa shape index (κ3) is 2.52. The quantitative estimate of drug-likeness (QED) is 0.888. The third-order valence-electron chi connectivity index (χ3n) is 2.98. The first-order valence-electron chi connectivity index (χ1n) is 6.02. The molecule has 0 saturated carbocycles. The summed E-state index contributed by atoms with van der Waals surface area (Å²) in [6.07, 6.45) is 0.910. The molecule has 0 radical (unpaired) electrons. The number of carbonyl (C=O) groups excluding carboxylic acids is 1. The molecule has 0 unspecified atom stereocenters. The standard InChI is InChI=1S/C14H16ClNOS/c1-4-9(3)16-14(17)13-12(15)10-6-5-8(2)7-11(10)18-13/h5-7,9H,4H2,1-3H3,(H,16,17)/t9-/m1/s1. The minimum Gasteiger partial charge on any atom is -0.349 e. The molecule has 2 rings (SSSR count). The molecule has 1 atom stereocenters. The lowest BCUT2D eigenvalue weighted by atomic mass is 10.2. The smallest absolute Gasteiger partial charge is 0.263 e. The highest BCUT2D eigenvalue weighted by atomic mass is 35.5. The number of fused-ring (bicyclic) bond motifs is 1. The molecule has 4 heteroatoms. The van der Waals surface area contributed by atoms with E-state index in [-0.39, 0.29) is 11.9 Å². The van der Waals surface area contributed by atoms with E-state index in [1.807, 2.05) is 32.9 Å². The van der Waals surface area contributed by atoms with Crippen molar-refractivity contribution in [1.82, 2.24) is 5.32 Å². The molecule has 1 heterocycles. The monoisotopic (exact) mass is 281 g/mol. The van der Waals surface area contributed by atoms with Gasteiger partial charge in [0.25, 0.3) is 5.91 Å². The molecule has 1 aromatic heterocycles. The van der Waals surface area contributed by atoms with Gasteiger partial charge in [-0.1, -0.05) is 30.7 Å². The Morgan fingerprint density at radius 1 is 1.50 bits per heavy atom. The zero-order valence-corrected chi connectivity index (χ0v) is 12.3. The second-order valence-electron chi connectivity index (χ2n) is 4.53. The van der Waals surface area contributed by atoms with Gasteiger partial charge in [0, 0.05) is 16.1 Å². The summed E-state index contributed by atoms with van der Waals surface area (Å²) >= 11 is 7.74. The van der Waals surface area contributed by atoms with Crippen LogP contribution in [0.1, 0.15) is 35.5 Å². The molecule has 0 spiro atoms. The van der Waals surface area contributed by atoms with Crippen molar-refractivity contribution >= 4 is 38.9 Å². The fraction of sp³-hybridized carbons (Fsp3) is 0.357. The Balaban J connectivity index is 2.39. The Kier molecular flexibility index (Phi) is 3.93. The summed E-state index contributed by atoms with van der Waals surface area (Å²) in [5, 5.41) is 4.47. The SMILES string of the molecule is CC[C@@H](C)NC(=O)c1sc2cc(C)ccc2c1Cl. The molecule has 0 bridgehead atoms. The van der Waals surface area contributed by atoms with Crippen molar-refractivity contribution < 1.29 is 4.79 Å². The van der Waals surface area contributed by atoms with E-state index in [4.69, 9.17) is 11.6 Å². The molecule has 1 aromatic carbocycles. The van der Waals surface area contributed by atoms with Crippen molar-refractivity contribution in [2.45, 2.75) is 33.2 Å². The van der Waals surface area contributed by atoms with Crippen LogP contribution in [0.5, 0.6) is 0 Å². The van der Waals surface area contributed by atoms with E-state index in [2.05, 4.69) is 11.4 Å². The summed E-state index contributed by atoms with van der Waals surface area (Å²) in [5.74, 6) is -0.0757. The molecule has 18 heavy (non-hydrogen) atoms. The number of hydrogen-bond acceptors (Lipinski definition) is 2. The Morgan fingerprint density at radius 3 is 2.89 bits per heavy atom. The van der Waals surface area contributed by atoms with E-state index in [0.717, 1.165) is 16.5 Å². The first-order valence-corrected chi connectivity index (χ1v) is 7.22. The third-order valence-corrected chi connectivity index (χ3v) is 4.64. The maximum Gasteiger partial charge on any atom is 0.263 e. The largest absolute Gasteiger partial charge is 0.349 e. The van der Waals surface area contributed by atoms with Crippen LogP contribution >= 0.6 is 22.9 Å². The van der Waals surface area contributed by atoms with E-state index in [9.17, 15) is 4.79 Å². The van der Waals surface area contributed by atoms with E-state index < -0.39 is 0 Å². The van der Waals surface area contributed by atoms with Gasteiger partial charge < -0.3 is 5.32 Å². The predicted octanol–water partition coefficient (Wildman–Crippen LogP) is 4.39. The fourth-order valence-corrected chi connectivity index (χ4v) is 3.23. The number of benzene rings is 1. The molecule has 0 aliphatic carbocycles. The number of thiophene rings is 1. The summed E-state index contributed by atoms with van der Waals surface area (Å²) in [6, 6.07) is 6.22. The number of aryl methyl sites for hydroxylation is 1. The number of amides is 1. The molecule has 0 saturated heterocycles. The second kappa shape index (κ2) is 5.29. The summed E-state index contributed by atoms with van der Waals surface area (Å²) in [6.45, 7) is 6.07. The van der Waals surface area contributed by atoms with E-state index >= 15 is 0 Å². The van der Waals surface area contributed by atoms with Crippen LogP contribution in [0.25, 0.3) is 10.1 Å². The lowest BCUT2D eigenvalue weighted by Crippen LogP contribution is -2.31. The van der Waals surface area contributed by atoms with Crippen LogP contribution in [0.2, 0.25) is 5.02 Å². The molecule has 1 N–H and O–H groups in total. The molecule has 2 nitrogen and oxygen atoms in total. The van der Waals surface area contributed by atoms with Gasteiger partial charge in [0.05, 0.1) is 5.02 Å². The first kappa shape index (κ1) is 13.4. The van der Waals surface area contributed by atoms with Crippen LogP contribution in [0.15, 0.2) is 18.2 Å². The summed E-state index contributed by atoms with van der Waals surface area (Å²) < 4.78 is 1.06. The molecule has 1 amide bonds. The average molecular weight is 282 g/mol. The molecular formula is C14H16ClNOS. The lowest BCUT2D eigenvalue weighted by molar-refractivity contribution is 0.0943. The van der Waals surface area contributed by atoms with Gasteiger partial charge in [0.1, 0.15) is 4.88 Å². The number of nitrogens with one attached hydrogen (secondary N) is 1. The number of rotatable bonds is 3. The Labute approximate surface area is 116 Å². The lowest BCUT2D eigenvalue weighted by Gasteiger charge is -2.10. The number of carbonyl (C=O) groups is 1. The highest BCUT2D eigenvalue weighted by Gasteiger charge is 2.17. The van der Waals surface area contributed by atoms with Gasteiger partial charge in [-0.3, -0.25) is 4.79 Å². The van der Waals surface area contributed by atoms with Crippen molar-refractivity contribution in [3.63, 3.8) is 0 Å². The molecule has 96 valence electrons. The van der Waals surface area contributed by atoms with Crippen LogP contribution in [0.4, 0.5) is 0 Å². The summed E-state index contributed by atoms with van der Waals surface area (Å²) in [4.78, 5) is 12.7. The highest BCUT2D eigenvalue weighted by molar-refractivity contribution is 7.21. The van der Waals surface area contributed by atoms with Gasteiger partial charge in [-0.25, -0.2) is 0 Å². The minimum absolute atomic E-state index is 0.0757. The Bertz CT molecular complexity index is 591. The van der Waals surface area contributed by atoms with Crippen LogP contribution in [0.3, 0.4) is 0 Å². The number of halogens is 1. The molecule has 0 fully saturated rings. The number of hydrogen-bond donors (Lipinski definition) is 1. The minimum atomic E-state index is -0.0757. The van der Waals surface area contributed by atoms with Crippen molar-refractivity contribution in [3.8, 4) is 0 Å². The van der Waals surface area contributed by atoms with Crippen LogP contribution in [-0.4, -0.2) is 11.9 Å². The maximum atomic E-state index is 12.1. The average Bonchev–Trinajstić information content (AvgIpc) is 2.66. The van der Waals surface area contributed by atoms with E-state index in [1.165, 1.54) is 16.9 Å². The second-order valence-corrected chi connectivity index (χ2v) is 5.96. The van der Waals surface area contributed by atoms with E-state index in [1.54, 1.807) is 0 Å². The van der Waals surface area contributed by atoms with Gasteiger partial charge in [-0.2, -0.15) is 0 Å². The van der Waals surface area contributed by atoms with Crippen LogP contribution < -0.4 is 5.32 Å². The van der Waals surface area contributed by atoms with Crippen molar-refractivity contribution in [1.29, 1.82) is 0 Å². The van der Waals surface area contributed by atoms with Gasteiger partial charge >= 0.3 is 0 Å². The molecular weight excluding hydrogens is 266 g/mol. The molecule has 0 aliphatic rings. The fourth-order valence-electron chi connectivity index (χ4n) is 1.71. The van der Waals surface area contributed by atoms with Gasteiger partial charge in [-0.05, 0) is 31.9 Å². The summed E-state index contributed by atoms with van der Waals surface area (Å²) in [5.41, 5.74) is 1.18. The molecule has 2 aromatic rings. The molecule has 0 aliphatic heterocycles. The topological polar surface area (TPSA) is 29.1 Å². The van der Waals surface area contributed by atoms with Gasteiger partial charge in [0.15, 0.2) is 0 Å². The van der Waals surface area contributed by atoms with Gasteiger partial charge in [0.2, 0.25) is 0 Å². The van der Waals surface area contributed by atoms with Gasteiger partial charge in [-0.15, -0.1) is 11.3 Å². The van der Waals surface area contributed by atoms with Crippen molar-refractivity contribution in [2.75, 3.05) is 0 Å². The Morgan fingerprint density at radius 2 is 2.22 bits per heavy atom. The van der Waals surface area contributed by atoms with E-state index in [0.29, 0.717) is 9.90 Å². The van der Waals surface area contributed by atoms with Crippen molar-refractivity contribution in [3.05, 3.63) is 33.7 Å². The zero-order valence-electron chi connectivity index (χ0n) is 10.7. The van der Waals surface area contributed by atoms with Crippen LogP contribution in [0, 0.1) is 6.92 Å². The normalized spacial score (nSPS) is 12.7. The maximum absolute atomic E-state index is 12.1.